The molecule has 1 N–H and O–H groups in total. The zero-order valence-electron chi connectivity index (χ0n) is 12.7. The summed E-state index contributed by atoms with van der Waals surface area (Å²) in [6.07, 6.45) is 0.948. The second-order valence-corrected chi connectivity index (χ2v) is 6.23. The highest BCUT2D eigenvalue weighted by atomic mass is 32.2. The van der Waals surface area contributed by atoms with Crippen molar-refractivity contribution in [3.8, 4) is 0 Å². The molecular formula is C16H23FN2O2S. The largest absolute Gasteiger partial charge is 0.379 e. The summed E-state index contributed by atoms with van der Waals surface area (Å²) in [7, 11) is 0. The number of amides is 1. The molecule has 0 radical (unpaired) electrons. The first-order valence-corrected chi connectivity index (χ1v) is 8.79. The van der Waals surface area contributed by atoms with Gasteiger partial charge in [-0.05, 0) is 24.6 Å². The molecule has 0 spiro atoms. The Bertz CT molecular complexity index is 467. The summed E-state index contributed by atoms with van der Waals surface area (Å²) in [5, 5.41) is 2.91. The van der Waals surface area contributed by atoms with Crippen LogP contribution >= 0.6 is 11.8 Å². The van der Waals surface area contributed by atoms with Crippen molar-refractivity contribution >= 4 is 17.7 Å². The first kappa shape index (κ1) is 17.2. The SMILES string of the molecule is O=C(CSCc1ccccc1F)NCCCN1CCOCC1. The second-order valence-electron chi connectivity index (χ2n) is 5.24. The fraction of sp³-hybridized carbons (Fsp3) is 0.562. The zero-order chi connectivity index (χ0) is 15.6. The normalized spacial score (nSPS) is 15.7. The second kappa shape index (κ2) is 9.82. The number of rotatable bonds is 8. The molecule has 1 aliphatic heterocycles. The van der Waals surface area contributed by atoms with Crippen molar-refractivity contribution in [3.05, 3.63) is 35.6 Å². The third-order valence-electron chi connectivity index (χ3n) is 3.53. The molecule has 1 fully saturated rings. The maximum Gasteiger partial charge on any atom is 0.230 e. The molecule has 1 heterocycles. The van der Waals surface area contributed by atoms with Crippen molar-refractivity contribution < 1.29 is 13.9 Å². The topological polar surface area (TPSA) is 41.6 Å². The van der Waals surface area contributed by atoms with Crippen LogP contribution in [0.4, 0.5) is 4.39 Å². The standard InChI is InChI=1S/C16H23FN2O2S/c17-15-5-2-1-4-14(15)12-22-13-16(20)18-6-3-7-19-8-10-21-11-9-19/h1-2,4-5H,3,6-13H2,(H,18,20). The van der Waals surface area contributed by atoms with Crippen LogP contribution in [-0.4, -0.2) is 56.0 Å². The number of carbonyl (C=O) groups excluding carboxylic acids is 1. The lowest BCUT2D eigenvalue weighted by Gasteiger charge is -2.26. The number of hydrogen-bond acceptors (Lipinski definition) is 4. The molecule has 0 saturated carbocycles. The van der Waals surface area contributed by atoms with Crippen LogP contribution in [0.1, 0.15) is 12.0 Å². The third kappa shape index (κ3) is 6.34. The van der Waals surface area contributed by atoms with E-state index in [1.165, 1.54) is 17.8 Å². The number of halogens is 1. The number of hydrogen-bond donors (Lipinski definition) is 1. The Morgan fingerprint density at radius 3 is 2.86 bits per heavy atom. The third-order valence-corrected chi connectivity index (χ3v) is 4.51. The maximum atomic E-state index is 13.4. The Morgan fingerprint density at radius 2 is 2.09 bits per heavy atom. The van der Waals surface area contributed by atoms with Gasteiger partial charge in [0, 0.05) is 25.4 Å². The summed E-state index contributed by atoms with van der Waals surface area (Å²) >= 11 is 1.44. The van der Waals surface area contributed by atoms with Gasteiger partial charge in [0.05, 0.1) is 19.0 Å². The van der Waals surface area contributed by atoms with E-state index < -0.39 is 0 Å². The van der Waals surface area contributed by atoms with Crippen molar-refractivity contribution in [2.24, 2.45) is 0 Å². The van der Waals surface area contributed by atoms with Crippen LogP contribution in [0, 0.1) is 5.82 Å². The van der Waals surface area contributed by atoms with Gasteiger partial charge in [0.25, 0.3) is 0 Å². The first-order valence-electron chi connectivity index (χ1n) is 7.63. The van der Waals surface area contributed by atoms with E-state index in [0.717, 1.165) is 39.3 Å². The number of carbonyl (C=O) groups is 1. The van der Waals surface area contributed by atoms with Crippen molar-refractivity contribution in [3.63, 3.8) is 0 Å². The molecule has 4 nitrogen and oxygen atoms in total. The number of nitrogens with one attached hydrogen (secondary N) is 1. The van der Waals surface area contributed by atoms with Crippen LogP contribution in [0.5, 0.6) is 0 Å². The predicted octanol–water partition coefficient (Wildman–Crippen LogP) is 1.90. The smallest absolute Gasteiger partial charge is 0.230 e. The minimum Gasteiger partial charge on any atom is -0.379 e. The number of ether oxygens (including phenoxy) is 1. The highest BCUT2D eigenvalue weighted by molar-refractivity contribution is 7.99. The van der Waals surface area contributed by atoms with Crippen molar-refractivity contribution in [1.29, 1.82) is 0 Å². The van der Waals surface area contributed by atoms with Crippen LogP contribution in [-0.2, 0) is 15.3 Å². The van der Waals surface area contributed by atoms with E-state index in [-0.39, 0.29) is 11.7 Å². The highest BCUT2D eigenvalue weighted by Crippen LogP contribution is 2.14. The van der Waals surface area contributed by atoms with Gasteiger partial charge in [-0.2, -0.15) is 0 Å². The van der Waals surface area contributed by atoms with Gasteiger partial charge in [0.15, 0.2) is 0 Å². The molecule has 0 unspecified atom stereocenters. The minimum absolute atomic E-state index is 0.0170. The summed E-state index contributed by atoms with van der Waals surface area (Å²) < 4.78 is 18.7. The van der Waals surface area contributed by atoms with E-state index in [1.807, 2.05) is 6.07 Å². The van der Waals surface area contributed by atoms with Gasteiger partial charge in [-0.15, -0.1) is 11.8 Å². The predicted molar refractivity (Wildman–Crippen MR) is 87.4 cm³/mol. The Morgan fingerprint density at radius 1 is 1.32 bits per heavy atom. The Kier molecular flexibility index (Phi) is 7.70. The average Bonchev–Trinajstić information content (AvgIpc) is 2.54. The van der Waals surface area contributed by atoms with Crippen LogP contribution < -0.4 is 5.32 Å². The highest BCUT2D eigenvalue weighted by Gasteiger charge is 2.09. The first-order chi connectivity index (χ1) is 10.8. The Labute approximate surface area is 135 Å². The molecule has 1 amide bonds. The lowest BCUT2D eigenvalue weighted by molar-refractivity contribution is -0.118. The summed E-state index contributed by atoms with van der Waals surface area (Å²) in [4.78, 5) is 14.1. The van der Waals surface area contributed by atoms with Crippen LogP contribution in [0.25, 0.3) is 0 Å². The van der Waals surface area contributed by atoms with Gasteiger partial charge in [0.2, 0.25) is 5.91 Å². The minimum atomic E-state index is -0.207. The van der Waals surface area contributed by atoms with Crippen molar-refractivity contribution in [2.75, 3.05) is 45.1 Å². The van der Waals surface area contributed by atoms with Crippen LogP contribution in [0.15, 0.2) is 24.3 Å². The fourth-order valence-electron chi connectivity index (χ4n) is 2.28. The molecule has 122 valence electrons. The van der Waals surface area contributed by atoms with E-state index >= 15 is 0 Å². The Hall–Kier alpha value is -1.11. The van der Waals surface area contributed by atoms with Gasteiger partial charge >= 0.3 is 0 Å². The van der Waals surface area contributed by atoms with Crippen LogP contribution in [0.3, 0.4) is 0 Å². The van der Waals surface area contributed by atoms with Gasteiger partial charge < -0.3 is 10.1 Å². The molecule has 22 heavy (non-hydrogen) atoms. The van der Waals surface area contributed by atoms with Crippen molar-refractivity contribution in [1.82, 2.24) is 10.2 Å². The molecule has 0 atom stereocenters. The van der Waals surface area contributed by atoms with Gasteiger partial charge in [-0.3, -0.25) is 9.69 Å². The van der Waals surface area contributed by atoms with E-state index in [0.29, 0.717) is 23.6 Å². The zero-order valence-corrected chi connectivity index (χ0v) is 13.5. The molecule has 2 rings (SSSR count). The van der Waals surface area contributed by atoms with E-state index in [1.54, 1.807) is 12.1 Å². The van der Waals surface area contributed by atoms with E-state index in [9.17, 15) is 9.18 Å². The lowest BCUT2D eigenvalue weighted by Crippen LogP contribution is -2.38. The quantitative estimate of drug-likeness (QED) is 0.741. The van der Waals surface area contributed by atoms with Crippen LogP contribution in [0.2, 0.25) is 0 Å². The molecule has 0 aliphatic carbocycles. The molecule has 1 aliphatic rings. The number of benzene rings is 1. The Balaban J connectivity index is 1.51. The van der Waals surface area contributed by atoms with Gasteiger partial charge in [-0.25, -0.2) is 4.39 Å². The molecule has 0 aromatic heterocycles. The number of thioether (sulfide) groups is 1. The van der Waals surface area contributed by atoms with Gasteiger partial charge in [0.1, 0.15) is 5.82 Å². The molecular weight excluding hydrogens is 303 g/mol. The summed E-state index contributed by atoms with van der Waals surface area (Å²) in [5.41, 5.74) is 0.646. The fourth-order valence-corrected chi connectivity index (χ4v) is 3.12. The van der Waals surface area contributed by atoms with E-state index in [2.05, 4.69) is 10.2 Å². The lowest BCUT2D eigenvalue weighted by atomic mass is 10.2. The van der Waals surface area contributed by atoms with Crippen molar-refractivity contribution in [2.45, 2.75) is 12.2 Å². The van der Waals surface area contributed by atoms with E-state index in [4.69, 9.17) is 4.74 Å². The molecule has 1 aromatic rings. The van der Waals surface area contributed by atoms with Gasteiger partial charge in [-0.1, -0.05) is 18.2 Å². The summed E-state index contributed by atoms with van der Waals surface area (Å²) in [5.74, 6) is 0.698. The molecule has 6 heteroatoms. The molecule has 1 saturated heterocycles. The average molecular weight is 326 g/mol. The maximum absolute atomic E-state index is 13.4. The molecule has 1 aromatic carbocycles. The number of nitrogens with zero attached hydrogens (tertiary/aromatic N) is 1. The monoisotopic (exact) mass is 326 g/mol. The molecule has 0 bridgehead atoms. The summed E-state index contributed by atoms with van der Waals surface area (Å²) in [6, 6.07) is 6.68. The summed E-state index contributed by atoms with van der Waals surface area (Å²) in [6.45, 7) is 5.25. The number of morpholine rings is 1.